The van der Waals surface area contributed by atoms with Gasteiger partial charge < -0.3 is 9.30 Å². The summed E-state index contributed by atoms with van der Waals surface area (Å²) in [6, 6.07) is 31.1. The van der Waals surface area contributed by atoms with Crippen LogP contribution in [0.4, 0.5) is 4.79 Å². The van der Waals surface area contributed by atoms with E-state index in [9.17, 15) is 9.59 Å². The molecule has 1 aliphatic rings. The van der Waals surface area contributed by atoms with Crippen LogP contribution < -0.4 is 0 Å². The summed E-state index contributed by atoms with van der Waals surface area (Å²) in [6.07, 6.45) is 6.23. The molecule has 5 rings (SSSR count). The van der Waals surface area contributed by atoms with E-state index in [1.54, 1.807) is 26.8 Å². The Balaban J connectivity index is 1.59. The van der Waals surface area contributed by atoms with Gasteiger partial charge in [0.1, 0.15) is 11.1 Å². The van der Waals surface area contributed by atoms with E-state index in [-0.39, 0.29) is 5.91 Å². The van der Waals surface area contributed by atoms with E-state index in [1.807, 2.05) is 67.1 Å². The highest BCUT2D eigenvalue weighted by atomic mass is 16.6. The van der Waals surface area contributed by atoms with Crippen LogP contribution in [-0.4, -0.2) is 38.6 Å². The lowest BCUT2D eigenvalue weighted by Crippen LogP contribution is -2.44. The molecule has 4 aromatic rings. The predicted molar refractivity (Wildman–Crippen MR) is 152 cm³/mol. The lowest BCUT2D eigenvalue weighted by atomic mass is 9.77. The first-order valence-electron chi connectivity index (χ1n) is 13.3. The smallest absolute Gasteiger partial charge is 0.417 e. The van der Waals surface area contributed by atoms with Crippen molar-refractivity contribution in [3.8, 4) is 0 Å². The minimum absolute atomic E-state index is 0.328. The number of carbonyl (C=O) groups is 2. The molecule has 0 bridgehead atoms. The summed E-state index contributed by atoms with van der Waals surface area (Å²) in [7, 11) is 0. The molecule has 0 N–H and O–H groups in total. The number of amides is 2. The topological polar surface area (TPSA) is 64.4 Å². The quantitative estimate of drug-likeness (QED) is 0.218. The molecule has 1 aliphatic heterocycles. The monoisotopic (exact) mass is 519 g/mol. The van der Waals surface area contributed by atoms with Gasteiger partial charge in [-0.3, -0.25) is 4.79 Å². The van der Waals surface area contributed by atoms with Crippen LogP contribution in [0.5, 0.6) is 0 Å². The Bertz CT molecular complexity index is 1370. The maximum absolute atomic E-state index is 13.2. The van der Waals surface area contributed by atoms with Gasteiger partial charge in [-0.25, -0.2) is 14.7 Å². The van der Waals surface area contributed by atoms with Crippen LogP contribution in [0.15, 0.2) is 109 Å². The largest absolute Gasteiger partial charge is 0.443 e. The molecule has 1 fully saturated rings. The summed E-state index contributed by atoms with van der Waals surface area (Å²) in [4.78, 5) is 31.8. The second-order valence-corrected chi connectivity index (χ2v) is 10.7. The van der Waals surface area contributed by atoms with Crippen LogP contribution in [-0.2, 0) is 15.1 Å². The summed E-state index contributed by atoms with van der Waals surface area (Å²) in [5.41, 5.74) is 3.09. The molecule has 0 atom stereocenters. The van der Waals surface area contributed by atoms with E-state index >= 15 is 0 Å². The van der Waals surface area contributed by atoms with Crippen LogP contribution in [0.25, 0.3) is 6.08 Å². The Kier molecular flexibility index (Phi) is 7.20. The average molecular weight is 520 g/mol. The van der Waals surface area contributed by atoms with E-state index in [0.29, 0.717) is 30.7 Å². The van der Waals surface area contributed by atoms with Gasteiger partial charge in [0.25, 0.3) is 5.91 Å². The summed E-state index contributed by atoms with van der Waals surface area (Å²) < 4.78 is 7.57. The SMILES string of the molecule is CC(C)(C)OC(=O)N1CCCC(=Cc2cn(C(c3ccccc3)(c3ccccc3)c3ccccc3)cn2)C1=O. The van der Waals surface area contributed by atoms with Gasteiger partial charge in [-0.05, 0) is 56.4 Å². The van der Waals surface area contributed by atoms with Crippen molar-refractivity contribution >= 4 is 18.1 Å². The number of rotatable bonds is 5. The highest BCUT2D eigenvalue weighted by Gasteiger charge is 2.38. The van der Waals surface area contributed by atoms with E-state index in [1.165, 1.54) is 4.90 Å². The Morgan fingerprint density at radius 2 is 1.36 bits per heavy atom. The molecule has 3 aromatic carbocycles. The van der Waals surface area contributed by atoms with E-state index in [0.717, 1.165) is 16.7 Å². The van der Waals surface area contributed by atoms with Crippen molar-refractivity contribution in [2.24, 2.45) is 0 Å². The minimum atomic E-state index is -0.688. The molecule has 1 aromatic heterocycles. The molecule has 0 radical (unpaired) electrons. The standard InChI is InChI=1S/C33H33N3O3/c1-32(2,3)39-31(38)36-21-13-14-25(30(36)37)22-29-23-35(24-34-29)33(26-15-7-4-8-16-26,27-17-9-5-10-18-27)28-19-11-6-12-20-28/h4-12,15-20,22-24H,13-14,21H2,1-3H3. The second kappa shape index (κ2) is 10.7. The van der Waals surface area contributed by atoms with Crippen molar-refractivity contribution < 1.29 is 14.3 Å². The number of likely N-dealkylation sites (tertiary alicyclic amines) is 1. The molecule has 0 aliphatic carbocycles. The minimum Gasteiger partial charge on any atom is -0.443 e. The van der Waals surface area contributed by atoms with Crippen molar-refractivity contribution in [1.82, 2.24) is 14.5 Å². The highest BCUT2D eigenvalue weighted by molar-refractivity contribution is 6.05. The summed E-state index contributed by atoms with van der Waals surface area (Å²) in [5.74, 6) is -0.328. The number of aromatic nitrogens is 2. The molecule has 198 valence electrons. The predicted octanol–water partition coefficient (Wildman–Crippen LogP) is 6.66. The van der Waals surface area contributed by atoms with Gasteiger partial charge in [0.15, 0.2) is 0 Å². The summed E-state index contributed by atoms with van der Waals surface area (Å²) >= 11 is 0. The van der Waals surface area contributed by atoms with Crippen LogP contribution in [0.3, 0.4) is 0 Å². The molecule has 2 amide bonds. The van der Waals surface area contributed by atoms with E-state index in [4.69, 9.17) is 9.72 Å². The van der Waals surface area contributed by atoms with Gasteiger partial charge in [0.05, 0.1) is 12.0 Å². The fourth-order valence-electron chi connectivity index (χ4n) is 5.19. The number of piperidine rings is 1. The fourth-order valence-corrected chi connectivity index (χ4v) is 5.19. The van der Waals surface area contributed by atoms with Gasteiger partial charge in [-0.1, -0.05) is 91.0 Å². The molecule has 6 nitrogen and oxygen atoms in total. The van der Waals surface area contributed by atoms with Gasteiger partial charge in [-0.2, -0.15) is 0 Å². The molecule has 0 saturated carbocycles. The molecule has 0 spiro atoms. The first kappa shape index (κ1) is 26.2. The number of ether oxygens (including phenoxy) is 1. The third kappa shape index (κ3) is 5.28. The van der Waals surface area contributed by atoms with Crippen molar-refractivity contribution in [3.63, 3.8) is 0 Å². The maximum atomic E-state index is 13.2. The first-order valence-corrected chi connectivity index (χ1v) is 13.3. The summed E-state index contributed by atoms with van der Waals surface area (Å²) in [6.45, 7) is 5.72. The fraction of sp³-hybridized carbons (Fsp3) is 0.242. The second-order valence-electron chi connectivity index (χ2n) is 10.7. The zero-order chi connectivity index (χ0) is 27.5. The number of benzene rings is 3. The molecular weight excluding hydrogens is 486 g/mol. The van der Waals surface area contributed by atoms with Crippen molar-refractivity contribution in [3.05, 3.63) is 131 Å². The summed E-state index contributed by atoms with van der Waals surface area (Å²) in [5, 5.41) is 0. The zero-order valence-electron chi connectivity index (χ0n) is 22.6. The van der Waals surface area contributed by atoms with Crippen LogP contribution in [0, 0.1) is 0 Å². The van der Waals surface area contributed by atoms with Crippen LogP contribution >= 0.6 is 0 Å². The molecule has 6 heteroatoms. The van der Waals surface area contributed by atoms with E-state index < -0.39 is 17.2 Å². The van der Waals surface area contributed by atoms with Crippen molar-refractivity contribution in [2.45, 2.75) is 44.8 Å². The van der Waals surface area contributed by atoms with Gasteiger partial charge in [0.2, 0.25) is 0 Å². The third-order valence-electron chi connectivity index (χ3n) is 6.85. The van der Waals surface area contributed by atoms with Crippen molar-refractivity contribution in [1.29, 1.82) is 0 Å². The number of nitrogens with zero attached hydrogens (tertiary/aromatic N) is 3. The highest BCUT2D eigenvalue weighted by Crippen LogP contribution is 2.41. The van der Waals surface area contributed by atoms with Crippen molar-refractivity contribution in [2.75, 3.05) is 6.54 Å². The number of imidazole rings is 1. The first-order chi connectivity index (χ1) is 18.8. The number of imide groups is 1. The Labute approximate surface area is 229 Å². The van der Waals surface area contributed by atoms with Gasteiger partial charge in [0, 0.05) is 18.3 Å². The molecule has 1 saturated heterocycles. The Hall–Kier alpha value is -4.45. The lowest BCUT2D eigenvalue weighted by molar-refractivity contribution is -0.127. The normalized spacial score (nSPS) is 15.4. The molecule has 0 unspecified atom stereocenters. The molecule has 39 heavy (non-hydrogen) atoms. The third-order valence-corrected chi connectivity index (χ3v) is 6.85. The Morgan fingerprint density at radius 1 is 0.846 bits per heavy atom. The van der Waals surface area contributed by atoms with E-state index in [2.05, 4.69) is 41.0 Å². The average Bonchev–Trinajstić information content (AvgIpc) is 3.40. The van der Waals surface area contributed by atoms with Crippen LogP contribution in [0.1, 0.15) is 56.0 Å². The maximum Gasteiger partial charge on any atom is 0.417 e. The van der Waals surface area contributed by atoms with Gasteiger partial charge >= 0.3 is 6.09 Å². The van der Waals surface area contributed by atoms with Crippen LogP contribution in [0.2, 0.25) is 0 Å². The lowest BCUT2D eigenvalue weighted by Gasteiger charge is -2.37. The van der Waals surface area contributed by atoms with Gasteiger partial charge in [-0.15, -0.1) is 0 Å². The number of carbonyl (C=O) groups excluding carboxylic acids is 2. The molecular formula is C33H33N3O3. The molecule has 2 heterocycles. The number of hydrogen-bond donors (Lipinski definition) is 0. The Morgan fingerprint density at radius 3 is 1.85 bits per heavy atom. The number of hydrogen-bond acceptors (Lipinski definition) is 4. The zero-order valence-corrected chi connectivity index (χ0v) is 22.6.